The highest BCUT2D eigenvalue weighted by Gasteiger charge is 2.53. The second-order valence-corrected chi connectivity index (χ2v) is 22.0. The van der Waals surface area contributed by atoms with Gasteiger partial charge in [0.15, 0.2) is 0 Å². The molecule has 3 nitrogen and oxygen atoms in total. The summed E-state index contributed by atoms with van der Waals surface area (Å²) in [7, 11) is 0. The van der Waals surface area contributed by atoms with Gasteiger partial charge in [0.05, 0.1) is 16.5 Å². The Hall–Kier alpha value is -8.40. The minimum absolute atomic E-state index is 0.0966. The topological polar surface area (TPSA) is 21.7 Å². The van der Waals surface area contributed by atoms with Gasteiger partial charge in [0.2, 0.25) is 0 Å². The van der Waals surface area contributed by atoms with Crippen molar-refractivity contribution in [1.29, 1.82) is 0 Å². The summed E-state index contributed by atoms with van der Waals surface area (Å²) in [4.78, 5) is 2.49. The van der Waals surface area contributed by atoms with E-state index in [1.807, 2.05) is 0 Å². The van der Waals surface area contributed by atoms with E-state index in [1.54, 1.807) is 0 Å². The number of nitrogens with zero attached hydrogens (tertiary/aromatic N) is 1. The number of fused-ring (bicyclic) bond motifs is 11. The Morgan fingerprint density at radius 1 is 0.329 bits per heavy atom. The summed E-state index contributed by atoms with van der Waals surface area (Å²) in [5.41, 5.74) is 18.2. The van der Waals surface area contributed by atoms with Crippen molar-refractivity contribution in [2.45, 2.75) is 63.2 Å². The first-order valence-corrected chi connectivity index (χ1v) is 25.7. The molecule has 13 rings (SSSR count). The molecule has 1 spiro atoms. The van der Waals surface area contributed by atoms with Crippen LogP contribution in [0.15, 0.2) is 237 Å². The molecular formula is C70H57NO2. The highest BCUT2D eigenvalue weighted by molar-refractivity contribution is 5.99. The van der Waals surface area contributed by atoms with E-state index in [1.165, 1.54) is 61.2 Å². The summed E-state index contributed by atoms with van der Waals surface area (Å²) in [5, 5.41) is 0. The lowest BCUT2D eigenvalue weighted by Crippen LogP contribution is -2.34. The van der Waals surface area contributed by atoms with Crippen molar-refractivity contribution in [3.05, 3.63) is 292 Å². The van der Waals surface area contributed by atoms with Crippen LogP contribution in [0, 0.1) is 0 Å². The van der Waals surface area contributed by atoms with Crippen LogP contribution >= 0.6 is 0 Å². The standard InChI is InChI=1S/C70H57NO2/c1-67(2,3)50-35-40-63-58(43-50)70(59-44-51(68(4,5)6)36-41-64(59)73-63)55-28-17-16-27-54(55)66-57(70)30-20-31-61(66)71(52-37-33-47(34-38-52)46-21-10-7-11-22-46)53-39-42-65-60(45-53)69(48-23-12-8-13-24-48,49-25-14-9-15-26-49)56-29-18-19-32-62(56)72-65/h7-45H,1-6H3. The molecule has 0 atom stereocenters. The van der Waals surface area contributed by atoms with E-state index < -0.39 is 10.8 Å². The second kappa shape index (κ2) is 16.6. The Labute approximate surface area is 430 Å². The van der Waals surface area contributed by atoms with Crippen LogP contribution in [-0.4, -0.2) is 0 Å². The van der Waals surface area contributed by atoms with Crippen LogP contribution in [0.25, 0.3) is 22.3 Å². The lowest BCUT2D eigenvalue weighted by atomic mass is 9.63. The SMILES string of the molecule is CC(C)(C)c1ccc2c(c1)C1(c3cc(C(C)(C)C)ccc3O2)c2ccccc2-c2c(N(c3ccc(-c4ccccc4)cc3)c3ccc4c(c3)C(c3ccccc3)(c3ccccc3)c3ccccc3O4)cccc21. The fraction of sp³-hybridized carbons (Fsp3) is 0.143. The quantitative estimate of drug-likeness (QED) is 0.166. The molecule has 2 heterocycles. The van der Waals surface area contributed by atoms with Gasteiger partial charge in [0.1, 0.15) is 23.0 Å². The summed E-state index contributed by atoms with van der Waals surface area (Å²) in [5.74, 6) is 3.46. The number of benzene rings is 10. The fourth-order valence-electron chi connectivity index (χ4n) is 12.3. The molecule has 3 aliphatic rings. The molecule has 10 aromatic carbocycles. The van der Waals surface area contributed by atoms with E-state index in [9.17, 15) is 0 Å². The Morgan fingerprint density at radius 3 is 1.37 bits per heavy atom. The van der Waals surface area contributed by atoms with E-state index in [2.05, 4.69) is 283 Å². The first-order valence-electron chi connectivity index (χ1n) is 25.7. The van der Waals surface area contributed by atoms with Crippen LogP contribution in [-0.2, 0) is 21.7 Å². The minimum atomic E-state index is -0.703. The van der Waals surface area contributed by atoms with Crippen LogP contribution in [0.4, 0.5) is 17.1 Å². The van der Waals surface area contributed by atoms with Crippen LogP contribution in [0.1, 0.15) is 97.2 Å². The molecule has 3 heteroatoms. The minimum Gasteiger partial charge on any atom is -0.457 e. The average Bonchev–Trinajstić information content (AvgIpc) is 3.73. The highest BCUT2D eigenvalue weighted by Crippen LogP contribution is 2.65. The van der Waals surface area contributed by atoms with E-state index in [-0.39, 0.29) is 10.8 Å². The second-order valence-electron chi connectivity index (χ2n) is 22.0. The molecule has 1 aliphatic carbocycles. The van der Waals surface area contributed by atoms with Crippen LogP contribution in [0.3, 0.4) is 0 Å². The Balaban J connectivity index is 1.12. The van der Waals surface area contributed by atoms with Gasteiger partial charge < -0.3 is 14.4 Å². The molecule has 0 saturated heterocycles. The molecule has 0 amide bonds. The third-order valence-electron chi connectivity index (χ3n) is 15.8. The number of rotatable bonds is 6. The first-order chi connectivity index (χ1) is 35.5. The number of hydrogen-bond acceptors (Lipinski definition) is 3. The molecular weight excluding hydrogens is 887 g/mol. The smallest absolute Gasteiger partial charge is 0.132 e. The van der Waals surface area contributed by atoms with Gasteiger partial charge >= 0.3 is 0 Å². The van der Waals surface area contributed by atoms with Gasteiger partial charge in [-0.2, -0.15) is 0 Å². The summed E-state index contributed by atoms with van der Waals surface area (Å²) >= 11 is 0. The van der Waals surface area contributed by atoms with E-state index in [0.717, 1.165) is 56.8 Å². The van der Waals surface area contributed by atoms with Crippen LogP contribution in [0.5, 0.6) is 23.0 Å². The summed E-state index contributed by atoms with van der Waals surface area (Å²) < 4.78 is 14.0. The van der Waals surface area contributed by atoms with Gasteiger partial charge in [-0.1, -0.05) is 211 Å². The van der Waals surface area contributed by atoms with Crippen molar-refractivity contribution in [2.75, 3.05) is 4.90 Å². The van der Waals surface area contributed by atoms with E-state index in [4.69, 9.17) is 9.47 Å². The zero-order valence-corrected chi connectivity index (χ0v) is 42.3. The van der Waals surface area contributed by atoms with Crippen molar-refractivity contribution >= 4 is 17.1 Å². The number of hydrogen-bond donors (Lipinski definition) is 0. The molecule has 354 valence electrons. The molecule has 0 saturated carbocycles. The zero-order valence-electron chi connectivity index (χ0n) is 42.3. The van der Waals surface area contributed by atoms with Crippen molar-refractivity contribution in [2.24, 2.45) is 0 Å². The molecule has 0 radical (unpaired) electrons. The summed E-state index contributed by atoms with van der Waals surface area (Å²) in [6.07, 6.45) is 0. The predicted octanol–water partition coefficient (Wildman–Crippen LogP) is 18.4. The molecule has 0 N–H and O–H groups in total. The molecule has 0 bridgehead atoms. The maximum atomic E-state index is 7.04. The van der Waals surface area contributed by atoms with Gasteiger partial charge in [-0.15, -0.1) is 0 Å². The number of ether oxygens (including phenoxy) is 2. The Morgan fingerprint density at radius 2 is 0.781 bits per heavy atom. The monoisotopic (exact) mass is 943 g/mol. The molecule has 0 aromatic heterocycles. The van der Waals surface area contributed by atoms with Gasteiger partial charge in [0.25, 0.3) is 0 Å². The molecule has 73 heavy (non-hydrogen) atoms. The van der Waals surface area contributed by atoms with Gasteiger partial charge in [-0.25, -0.2) is 0 Å². The highest BCUT2D eigenvalue weighted by atomic mass is 16.5. The Bertz CT molecular complexity index is 3650. The largest absolute Gasteiger partial charge is 0.457 e. The van der Waals surface area contributed by atoms with Gasteiger partial charge in [0, 0.05) is 39.2 Å². The maximum absolute atomic E-state index is 7.04. The number of para-hydroxylation sites is 1. The summed E-state index contributed by atoms with van der Waals surface area (Å²) in [6, 6.07) is 87.0. The van der Waals surface area contributed by atoms with Crippen molar-refractivity contribution < 1.29 is 9.47 Å². The molecule has 10 aromatic rings. The van der Waals surface area contributed by atoms with E-state index in [0.29, 0.717) is 0 Å². The fourth-order valence-corrected chi connectivity index (χ4v) is 12.3. The molecule has 0 unspecified atom stereocenters. The third kappa shape index (κ3) is 6.78. The lowest BCUT2D eigenvalue weighted by Gasteiger charge is -2.42. The van der Waals surface area contributed by atoms with Crippen LogP contribution < -0.4 is 14.4 Å². The Kier molecular flexibility index (Phi) is 10.1. The van der Waals surface area contributed by atoms with E-state index >= 15 is 0 Å². The molecule has 0 fully saturated rings. The number of anilines is 3. The first kappa shape index (κ1) is 44.5. The van der Waals surface area contributed by atoms with Crippen molar-refractivity contribution in [3.8, 4) is 45.3 Å². The van der Waals surface area contributed by atoms with Crippen molar-refractivity contribution in [1.82, 2.24) is 0 Å². The predicted molar refractivity (Wildman–Crippen MR) is 300 cm³/mol. The zero-order chi connectivity index (χ0) is 49.7. The summed E-state index contributed by atoms with van der Waals surface area (Å²) in [6.45, 7) is 13.8. The third-order valence-corrected chi connectivity index (χ3v) is 15.8. The van der Waals surface area contributed by atoms with Crippen molar-refractivity contribution in [3.63, 3.8) is 0 Å². The molecule has 2 aliphatic heterocycles. The average molecular weight is 944 g/mol. The maximum Gasteiger partial charge on any atom is 0.132 e. The van der Waals surface area contributed by atoms with Crippen LogP contribution in [0.2, 0.25) is 0 Å². The lowest BCUT2D eigenvalue weighted by molar-refractivity contribution is 0.433. The normalized spacial score (nSPS) is 14.3. The van der Waals surface area contributed by atoms with Gasteiger partial charge in [-0.3, -0.25) is 0 Å². The van der Waals surface area contributed by atoms with Gasteiger partial charge in [-0.05, 0) is 128 Å².